The number of hydrogen-bond donors (Lipinski definition) is 0. The van der Waals surface area contributed by atoms with E-state index in [2.05, 4.69) is 11.9 Å². The lowest BCUT2D eigenvalue weighted by molar-refractivity contribution is -0.142. The molecule has 1 aromatic carbocycles. The van der Waals surface area contributed by atoms with E-state index in [1.54, 1.807) is 18.2 Å². The van der Waals surface area contributed by atoms with E-state index in [1.807, 2.05) is 33.8 Å². The highest BCUT2D eigenvalue weighted by Crippen LogP contribution is 2.25. The molecule has 1 aromatic rings. The first-order chi connectivity index (χ1) is 12.7. The monoisotopic (exact) mass is 375 g/mol. The number of rotatable bonds is 9. The second-order valence-electron chi connectivity index (χ2n) is 7.67. The average molecular weight is 376 g/mol. The van der Waals surface area contributed by atoms with Crippen molar-refractivity contribution in [3.05, 3.63) is 35.4 Å². The van der Waals surface area contributed by atoms with Crippen LogP contribution in [0.15, 0.2) is 29.3 Å². The molecular weight excluding hydrogens is 342 g/mol. The van der Waals surface area contributed by atoms with Crippen molar-refractivity contribution in [1.29, 1.82) is 0 Å². The molecule has 0 fully saturated rings. The van der Waals surface area contributed by atoms with Crippen molar-refractivity contribution in [3.63, 3.8) is 0 Å². The molecule has 0 aliphatic rings. The van der Waals surface area contributed by atoms with Gasteiger partial charge in [0.2, 0.25) is 0 Å². The Bertz CT molecular complexity index is 659. The number of methoxy groups -OCH3 is 1. The Balaban J connectivity index is 2.84. The Morgan fingerprint density at radius 1 is 1.19 bits per heavy atom. The number of hydrogen-bond acceptors (Lipinski definition) is 5. The van der Waals surface area contributed by atoms with Gasteiger partial charge >= 0.3 is 11.9 Å². The van der Waals surface area contributed by atoms with Crippen molar-refractivity contribution < 1.29 is 19.1 Å². The molecule has 0 radical (unpaired) electrons. The molecule has 27 heavy (non-hydrogen) atoms. The zero-order chi connectivity index (χ0) is 20.4. The second kappa shape index (κ2) is 10.9. The Labute approximate surface area is 163 Å². The largest absolute Gasteiger partial charge is 0.469 e. The third-order valence-corrected chi connectivity index (χ3v) is 4.20. The highest BCUT2D eigenvalue weighted by Gasteiger charge is 2.23. The summed E-state index contributed by atoms with van der Waals surface area (Å²) in [5.41, 5.74) is 1.80. The number of esters is 2. The van der Waals surface area contributed by atoms with Crippen molar-refractivity contribution in [1.82, 2.24) is 0 Å². The van der Waals surface area contributed by atoms with E-state index in [4.69, 9.17) is 9.47 Å². The molecule has 0 spiro atoms. The van der Waals surface area contributed by atoms with Crippen LogP contribution in [0, 0.1) is 0 Å². The maximum Gasteiger partial charge on any atom is 0.338 e. The fraction of sp³-hybridized carbons (Fsp3) is 0.591. The summed E-state index contributed by atoms with van der Waals surface area (Å²) >= 11 is 0. The van der Waals surface area contributed by atoms with Crippen LogP contribution in [0.2, 0.25) is 0 Å². The molecule has 0 N–H and O–H groups in total. The zero-order valence-electron chi connectivity index (χ0n) is 17.5. The molecule has 0 saturated heterocycles. The third-order valence-electron chi connectivity index (χ3n) is 4.20. The minimum absolute atomic E-state index is 0.287. The molecule has 1 rings (SSSR count). The van der Waals surface area contributed by atoms with Gasteiger partial charge in [0.25, 0.3) is 0 Å². The van der Waals surface area contributed by atoms with E-state index >= 15 is 0 Å². The first kappa shape index (κ1) is 22.9. The van der Waals surface area contributed by atoms with Crippen LogP contribution >= 0.6 is 0 Å². The number of ether oxygens (including phenoxy) is 2. The molecule has 0 aliphatic carbocycles. The molecule has 1 unspecified atom stereocenters. The number of carbonyl (C=O) groups is 2. The molecule has 5 heteroatoms. The van der Waals surface area contributed by atoms with E-state index in [0.717, 1.165) is 37.1 Å². The van der Waals surface area contributed by atoms with Crippen LogP contribution in [0.25, 0.3) is 0 Å². The standard InChI is InChI=1S/C22H33NO4/c1-7-16(2)23-14-9-8-13-19(21(25)26-6)17-11-10-12-18(15-17)20(24)27-22(3,4)5/h10-12,15,19H,7-9,13-14H2,1-6H3/b23-16+. The summed E-state index contributed by atoms with van der Waals surface area (Å²) < 4.78 is 10.4. The second-order valence-corrected chi connectivity index (χ2v) is 7.67. The number of unbranched alkanes of at least 4 members (excludes halogenated alkanes) is 1. The highest BCUT2D eigenvalue weighted by atomic mass is 16.6. The fourth-order valence-electron chi connectivity index (χ4n) is 2.62. The van der Waals surface area contributed by atoms with Crippen LogP contribution < -0.4 is 0 Å². The SMILES string of the molecule is CC/C(C)=N/CCCCC(C(=O)OC)c1cccc(C(=O)OC(C)(C)C)c1. The van der Waals surface area contributed by atoms with Gasteiger partial charge in [-0.2, -0.15) is 0 Å². The molecule has 150 valence electrons. The van der Waals surface area contributed by atoms with Crippen molar-refractivity contribution in [2.75, 3.05) is 13.7 Å². The van der Waals surface area contributed by atoms with Crippen LogP contribution in [0.5, 0.6) is 0 Å². The van der Waals surface area contributed by atoms with Crippen molar-refractivity contribution in [2.45, 2.75) is 71.8 Å². The maximum atomic E-state index is 12.3. The minimum Gasteiger partial charge on any atom is -0.469 e. The summed E-state index contributed by atoms with van der Waals surface area (Å²) in [7, 11) is 1.39. The lowest BCUT2D eigenvalue weighted by Crippen LogP contribution is -2.24. The van der Waals surface area contributed by atoms with E-state index < -0.39 is 17.5 Å². The number of benzene rings is 1. The number of aliphatic imine (C=N–C) groups is 1. The van der Waals surface area contributed by atoms with Crippen LogP contribution in [0.3, 0.4) is 0 Å². The number of carbonyl (C=O) groups excluding carboxylic acids is 2. The summed E-state index contributed by atoms with van der Waals surface area (Å²) in [5.74, 6) is -1.07. The molecule has 5 nitrogen and oxygen atoms in total. The van der Waals surface area contributed by atoms with Gasteiger partial charge in [0, 0.05) is 12.3 Å². The molecule has 1 atom stereocenters. The third kappa shape index (κ3) is 8.37. The molecule has 0 saturated carbocycles. The topological polar surface area (TPSA) is 65.0 Å². The predicted octanol–water partition coefficient (Wildman–Crippen LogP) is 4.94. The van der Waals surface area contributed by atoms with Crippen molar-refractivity contribution >= 4 is 17.7 Å². The zero-order valence-corrected chi connectivity index (χ0v) is 17.5. The van der Waals surface area contributed by atoms with Gasteiger partial charge in [-0.3, -0.25) is 9.79 Å². The molecular formula is C22H33NO4. The van der Waals surface area contributed by atoms with E-state index in [1.165, 1.54) is 7.11 Å². The smallest absolute Gasteiger partial charge is 0.338 e. The van der Waals surface area contributed by atoms with Gasteiger partial charge in [0.1, 0.15) is 5.60 Å². The van der Waals surface area contributed by atoms with Gasteiger partial charge in [-0.15, -0.1) is 0 Å². The van der Waals surface area contributed by atoms with Crippen molar-refractivity contribution in [2.24, 2.45) is 4.99 Å². The first-order valence-corrected chi connectivity index (χ1v) is 9.59. The summed E-state index contributed by atoms with van der Waals surface area (Å²) in [4.78, 5) is 29.1. The quantitative estimate of drug-likeness (QED) is 0.348. The number of nitrogens with zero attached hydrogens (tertiary/aromatic N) is 1. The van der Waals surface area contributed by atoms with Crippen LogP contribution in [0.1, 0.15) is 82.1 Å². The van der Waals surface area contributed by atoms with E-state index in [0.29, 0.717) is 12.0 Å². The predicted molar refractivity (Wildman–Crippen MR) is 108 cm³/mol. The van der Waals surface area contributed by atoms with E-state index in [-0.39, 0.29) is 5.97 Å². The molecule has 0 bridgehead atoms. The minimum atomic E-state index is -0.564. The molecule has 0 aliphatic heterocycles. The Morgan fingerprint density at radius 2 is 1.89 bits per heavy atom. The van der Waals surface area contributed by atoms with Gasteiger partial charge in [0.05, 0.1) is 18.6 Å². The van der Waals surface area contributed by atoms with Gasteiger partial charge in [-0.1, -0.05) is 25.5 Å². The lowest BCUT2D eigenvalue weighted by atomic mass is 9.92. The maximum absolute atomic E-state index is 12.3. The average Bonchev–Trinajstić information content (AvgIpc) is 2.62. The fourth-order valence-corrected chi connectivity index (χ4v) is 2.62. The lowest BCUT2D eigenvalue weighted by Gasteiger charge is -2.20. The summed E-state index contributed by atoms with van der Waals surface area (Å²) in [6, 6.07) is 7.07. The highest BCUT2D eigenvalue weighted by molar-refractivity contribution is 5.90. The summed E-state index contributed by atoms with van der Waals surface area (Å²) in [6.07, 6.45) is 3.39. The van der Waals surface area contributed by atoms with Gasteiger partial charge < -0.3 is 9.47 Å². The van der Waals surface area contributed by atoms with Crippen LogP contribution in [0.4, 0.5) is 0 Å². The van der Waals surface area contributed by atoms with Crippen molar-refractivity contribution in [3.8, 4) is 0 Å². The van der Waals surface area contributed by atoms with E-state index in [9.17, 15) is 9.59 Å². The normalized spacial score (nSPS) is 13.2. The van der Waals surface area contributed by atoms with Gasteiger partial charge in [-0.05, 0) is 64.7 Å². The summed E-state index contributed by atoms with van der Waals surface area (Å²) in [5, 5.41) is 0. The molecule has 0 aromatic heterocycles. The Kier molecular flexibility index (Phi) is 9.19. The Morgan fingerprint density at radius 3 is 2.48 bits per heavy atom. The Hall–Kier alpha value is -2.17. The summed E-state index contributed by atoms with van der Waals surface area (Å²) in [6.45, 7) is 10.4. The van der Waals surface area contributed by atoms with Gasteiger partial charge in [0.15, 0.2) is 0 Å². The first-order valence-electron chi connectivity index (χ1n) is 9.59. The van der Waals surface area contributed by atoms with Gasteiger partial charge in [-0.25, -0.2) is 4.79 Å². The van der Waals surface area contributed by atoms with Crippen LogP contribution in [-0.2, 0) is 14.3 Å². The van der Waals surface area contributed by atoms with Crippen LogP contribution in [-0.4, -0.2) is 36.9 Å². The molecule has 0 heterocycles. The molecule has 0 amide bonds.